The molecule has 82 valence electrons. The molecule has 0 saturated carbocycles. The minimum Gasteiger partial charge on any atom is -0.385 e. The molecule has 0 bridgehead atoms. The number of nitrogens with zero attached hydrogens (tertiary/aromatic N) is 1. The van der Waals surface area contributed by atoms with Gasteiger partial charge in [-0.1, -0.05) is 12.1 Å². The van der Waals surface area contributed by atoms with Gasteiger partial charge in [-0.25, -0.2) is 0 Å². The standard InChI is InChI=1S/C13H20N2/c1-4-5-6-10-14-12-8-7-9-13(11-12)15(2)3/h4,7-9,11,14H,1,5-6,10H2,2-3H3. The van der Waals surface area contributed by atoms with Crippen LogP contribution < -0.4 is 10.2 Å². The molecule has 2 heteroatoms. The normalized spacial score (nSPS) is 9.73. The Balaban J connectivity index is 2.46. The molecule has 0 aliphatic rings. The Labute approximate surface area is 92.6 Å². The lowest BCUT2D eigenvalue weighted by Gasteiger charge is -2.14. The van der Waals surface area contributed by atoms with E-state index in [2.05, 4.69) is 55.2 Å². The average Bonchev–Trinajstić information content (AvgIpc) is 2.25. The van der Waals surface area contributed by atoms with E-state index in [9.17, 15) is 0 Å². The van der Waals surface area contributed by atoms with Gasteiger partial charge in [0.25, 0.3) is 0 Å². The molecule has 2 nitrogen and oxygen atoms in total. The van der Waals surface area contributed by atoms with Crippen molar-refractivity contribution in [1.29, 1.82) is 0 Å². The fraction of sp³-hybridized carbons (Fsp3) is 0.385. The summed E-state index contributed by atoms with van der Waals surface area (Å²) in [6, 6.07) is 8.44. The van der Waals surface area contributed by atoms with Crippen LogP contribution in [0.5, 0.6) is 0 Å². The number of rotatable bonds is 6. The van der Waals surface area contributed by atoms with Crippen molar-refractivity contribution < 1.29 is 0 Å². The first kappa shape index (κ1) is 11.6. The topological polar surface area (TPSA) is 15.3 Å². The maximum Gasteiger partial charge on any atom is 0.0381 e. The maximum absolute atomic E-state index is 3.71. The van der Waals surface area contributed by atoms with Gasteiger partial charge in [-0.3, -0.25) is 0 Å². The van der Waals surface area contributed by atoms with Gasteiger partial charge >= 0.3 is 0 Å². The lowest BCUT2D eigenvalue weighted by atomic mass is 10.2. The molecule has 0 saturated heterocycles. The van der Waals surface area contributed by atoms with E-state index >= 15 is 0 Å². The summed E-state index contributed by atoms with van der Waals surface area (Å²) >= 11 is 0. The van der Waals surface area contributed by atoms with Crippen LogP contribution >= 0.6 is 0 Å². The Kier molecular flexibility index (Phi) is 4.75. The summed E-state index contributed by atoms with van der Waals surface area (Å²) in [5.41, 5.74) is 2.41. The number of allylic oxidation sites excluding steroid dienone is 1. The molecule has 1 aromatic rings. The van der Waals surface area contributed by atoms with Crippen LogP contribution in [0.3, 0.4) is 0 Å². The Morgan fingerprint density at radius 2 is 2.20 bits per heavy atom. The number of nitrogens with one attached hydrogen (secondary N) is 1. The summed E-state index contributed by atoms with van der Waals surface area (Å²) in [5, 5.41) is 3.40. The van der Waals surface area contributed by atoms with Crippen molar-refractivity contribution in [2.45, 2.75) is 12.8 Å². The van der Waals surface area contributed by atoms with Crippen molar-refractivity contribution in [3.63, 3.8) is 0 Å². The number of unbranched alkanes of at least 4 members (excludes halogenated alkanes) is 1. The van der Waals surface area contributed by atoms with Crippen molar-refractivity contribution in [3.8, 4) is 0 Å². The van der Waals surface area contributed by atoms with Crippen molar-refractivity contribution >= 4 is 11.4 Å². The molecular weight excluding hydrogens is 184 g/mol. The van der Waals surface area contributed by atoms with Gasteiger partial charge < -0.3 is 10.2 Å². The second-order valence-electron chi connectivity index (χ2n) is 3.80. The van der Waals surface area contributed by atoms with Crippen LogP contribution in [0.4, 0.5) is 11.4 Å². The van der Waals surface area contributed by atoms with Gasteiger partial charge in [-0.2, -0.15) is 0 Å². The van der Waals surface area contributed by atoms with Gasteiger partial charge in [0.05, 0.1) is 0 Å². The van der Waals surface area contributed by atoms with Gasteiger partial charge in [0.15, 0.2) is 0 Å². The Hall–Kier alpha value is -1.44. The fourth-order valence-electron chi connectivity index (χ4n) is 1.37. The SMILES string of the molecule is C=CCCCNc1cccc(N(C)C)c1. The number of benzene rings is 1. The summed E-state index contributed by atoms with van der Waals surface area (Å²) < 4.78 is 0. The molecule has 0 unspecified atom stereocenters. The molecule has 0 aliphatic heterocycles. The van der Waals surface area contributed by atoms with Crippen LogP contribution in [-0.2, 0) is 0 Å². The smallest absolute Gasteiger partial charge is 0.0381 e. The van der Waals surface area contributed by atoms with E-state index in [0.29, 0.717) is 0 Å². The summed E-state index contributed by atoms with van der Waals surface area (Å²) in [4.78, 5) is 2.11. The summed E-state index contributed by atoms with van der Waals surface area (Å²) in [7, 11) is 4.10. The van der Waals surface area contributed by atoms with Crippen LogP contribution in [-0.4, -0.2) is 20.6 Å². The third kappa shape index (κ3) is 4.07. The number of hydrogen-bond donors (Lipinski definition) is 1. The second kappa shape index (κ2) is 6.12. The summed E-state index contributed by atoms with van der Waals surface area (Å²) in [6.07, 6.45) is 4.16. The van der Waals surface area contributed by atoms with Crippen molar-refractivity contribution in [3.05, 3.63) is 36.9 Å². The molecule has 0 aliphatic carbocycles. The van der Waals surface area contributed by atoms with E-state index < -0.39 is 0 Å². The van der Waals surface area contributed by atoms with Gasteiger partial charge in [-0.05, 0) is 31.0 Å². The first-order valence-corrected chi connectivity index (χ1v) is 5.36. The fourth-order valence-corrected chi connectivity index (χ4v) is 1.37. The first-order chi connectivity index (χ1) is 7.24. The van der Waals surface area contributed by atoms with Crippen LogP contribution in [0.25, 0.3) is 0 Å². The third-order valence-corrected chi connectivity index (χ3v) is 2.28. The summed E-state index contributed by atoms with van der Waals surface area (Å²) in [5.74, 6) is 0. The highest BCUT2D eigenvalue weighted by atomic mass is 15.1. The molecular formula is C13H20N2. The first-order valence-electron chi connectivity index (χ1n) is 5.36. The number of anilines is 2. The maximum atomic E-state index is 3.71. The van der Waals surface area contributed by atoms with E-state index in [1.165, 1.54) is 11.4 Å². The van der Waals surface area contributed by atoms with E-state index in [1.54, 1.807) is 0 Å². The van der Waals surface area contributed by atoms with E-state index in [-0.39, 0.29) is 0 Å². The molecule has 0 radical (unpaired) electrons. The molecule has 0 amide bonds. The zero-order chi connectivity index (χ0) is 11.1. The summed E-state index contributed by atoms with van der Waals surface area (Å²) in [6.45, 7) is 4.71. The van der Waals surface area contributed by atoms with E-state index in [1.807, 2.05) is 6.08 Å². The molecule has 0 spiro atoms. The lowest BCUT2D eigenvalue weighted by Crippen LogP contribution is -2.09. The van der Waals surface area contributed by atoms with Gasteiger partial charge in [0.1, 0.15) is 0 Å². The van der Waals surface area contributed by atoms with Crippen molar-refractivity contribution in [2.24, 2.45) is 0 Å². The zero-order valence-corrected chi connectivity index (χ0v) is 9.66. The second-order valence-corrected chi connectivity index (χ2v) is 3.80. The molecule has 15 heavy (non-hydrogen) atoms. The predicted octanol–water partition coefficient (Wildman–Crippen LogP) is 3.13. The molecule has 0 atom stereocenters. The molecule has 0 aromatic heterocycles. The molecule has 0 heterocycles. The highest BCUT2D eigenvalue weighted by Gasteiger charge is 1.96. The third-order valence-electron chi connectivity index (χ3n) is 2.28. The van der Waals surface area contributed by atoms with Crippen LogP contribution in [0.2, 0.25) is 0 Å². The zero-order valence-electron chi connectivity index (χ0n) is 9.66. The highest BCUT2D eigenvalue weighted by Crippen LogP contribution is 2.17. The molecule has 1 N–H and O–H groups in total. The van der Waals surface area contributed by atoms with E-state index in [4.69, 9.17) is 0 Å². The van der Waals surface area contributed by atoms with Gasteiger partial charge in [0, 0.05) is 32.0 Å². The van der Waals surface area contributed by atoms with Crippen molar-refractivity contribution in [2.75, 3.05) is 30.9 Å². The van der Waals surface area contributed by atoms with Crippen LogP contribution in [0, 0.1) is 0 Å². The molecule has 1 rings (SSSR count). The van der Waals surface area contributed by atoms with Crippen molar-refractivity contribution in [1.82, 2.24) is 0 Å². The Bertz CT molecular complexity index is 305. The Morgan fingerprint density at radius 1 is 1.40 bits per heavy atom. The minimum absolute atomic E-state index is 1.00. The average molecular weight is 204 g/mol. The van der Waals surface area contributed by atoms with E-state index in [0.717, 1.165) is 19.4 Å². The van der Waals surface area contributed by atoms with Crippen LogP contribution in [0.1, 0.15) is 12.8 Å². The quantitative estimate of drug-likeness (QED) is 0.565. The largest absolute Gasteiger partial charge is 0.385 e. The number of hydrogen-bond acceptors (Lipinski definition) is 2. The molecule has 0 fully saturated rings. The molecule has 1 aromatic carbocycles. The Morgan fingerprint density at radius 3 is 2.87 bits per heavy atom. The highest BCUT2D eigenvalue weighted by molar-refractivity contribution is 5.57. The van der Waals surface area contributed by atoms with Crippen LogP contribution in [0.15, 0.2) is 36.9 Å². The van der Waals surface area contributed by atoms with Gasteiger partial charge in [0.2, 0.25) is 0 Å². The predicted molar refractivity (Wildman–Crippen MR) is 68.7 cm³/mol. The lowest BCUT2D eigenvalue weighted by molar-refractivity contribution is 0.891. The van der Waals surface area contributed by atoms with Gasteiger partial charge in [-0.15, -0.1) is 6.58 Å². The minimum atomic E-state index is 1.00. The monoisotopic (exact) mass is 204 g/mol.